The molecule has 2 amide bonds. The zero-order valence-corrected chi connectivity index (χ0v) is 12.4. The Morgan fingerprint density at radius 2 is 1.86 bits per heavy atom. The van der Waals surface area contributed by atoms with Crippen molar-refractivity contribution in [1.82, 2.24) is 4.90 Å². The van der Waals surface area contributed by atoms with Gasteiger partial charge in [0.15, 0.2) is 0 Å². The van der Waals surface area contributed by atoms with Crippen LogP contribution >= 0.6 is 11.3 Å². The molecule has 2 aromatic rings. The molecule has 1 saturated heterocycles. The third-order valence-electron chi connectivity index (χ3n) is 4.01. The average Bonchev–Trinajstić information content (AvgIpc) is 2.84. The van der Waals surface area contributed by atoms with E-state index in [1.165, 1.54) is 11.3 Å². The van der Waals surface area contributed by atoms with Crippen LogP contribution in [0.2, 0.25) is 0 Å². The second-order valence-electron chi connectivity index (χ2n) is 5.31. The summed E-state index contributed by atoms with van der Waals surface area (Å²) < 4.78 is 1.02. The molecule has 0 spiro atoms. The molecule has 0 bridgehead atoms. The number of nitrogens with zero attached hydrogens (tertiary/aromatic N) is 1. The molecular formula is C15H17N3O2S. The van der Waals surface area contributed by atoms with Crippen LogP contribution < -0.4 is 11.5 Å². The molecular weight excluding hydrogens is 286 g/mol. The van der Waals surface area contributed by atoms with Crippen molar-refractivity contribution >= 4 is 38.9 Å². The van der Waals surface area contributed by atoms with Gasteiger partial charge in [-0.2, -0.15) is 0 Å². The fourth-order valence-electron chi connectivity index (χ4n) is 2.73. The molecule has 4 N–H and O–H groups in total. The molecule has 1 aliphatic rings. The van der Waals surface area contributed by atoms with Gasteiger partial charge in [0.25, 0.3) is 5.91 Å². The molecule has 110 valence electrons. The van der Waals surface area contributed by atoms with Crippen molar-refractivity contribution in [2.75, 3.05) is 18.8 Å². The predicted octanol–water partition coefficient (Wildman–Crippen LogP) is 1.82. The van der Waals surface area contributed by atoms with E-state index in [0.29, 0.717) is 36.5 Å². The summed E-state index contributed by atoms with van der Waals surface area (Å²) in [7, 11) is 0. The van der Waals surface area contributed by atoms with E-state index in [9.17, 15) is 9.59 Å². The number of nitrogen functional groups attached to an aromatic ring is 1. The van der Waals surface area contributed by atoms with E-state index in [1.54, 1.807) is 4.90 Å². The molecule has 1 fully saturated rings. The first-order chi connectivity index (χ1) is 10.1. The van der Waals surface area contributed by atoms with Crippen molar-refractivity contribution in [2.45, 2.75) is 12.8 Å². The summed E-state index contributed by atoms with van der Waals surface area (Å²) in [5.41, 5.74) is 12.0. The van der Waals surface area contributed by atoms with Crippen molar-refractivity contribution in [3.63, 3.8) is 0 Å². The van der Waals surface area contributed by atoms with Crippen molar-refractivity contribution in [1.29, 1.82) is 0 Å². The fraction of sp³-hybridized carbons (Fsp3) is 0.333. The Bertz CT molecular complexity index is 702. The maximum Gasteiger partial charge on any atom is 0.266 e. The number of fused-ring (bicyclic) bond motifs is 1. The van der Waals surface area contributed by atoms with Gasteiger partial charge in [0.2, 0.25) is 5.91 Å². The zero-order valence-electron chi connectivity index (χ0n) is 11.5. The van der Waals surface area contributed by atoms with Gasteiger partial charge in [-0.1, -0.05) is 18.2 Å². The number of piperidine rings is 1. The van der Waals surface area contributed by atoms with Crippen LogP contribution in [-0.4, -0.2) is 29.8 Å². The van der Waals surface area contributed by atoms with Gasteiger partial charge in [-0.3, -0.25) is 9.59 Å². The number of hydrogen-bond acceptors (Lipinski definition) is 4. The third-order valence-corrected chi connectivity index (χ3v) is 5.19. The van der Waals surface area contributed by atoms with Crippen LogP contribution in [0.5, 0.6) is 0 Å². The lowest BCUT2D eigenvalue weighted by Gasteiger charge is -2.30. The number of anilines is 1. The lowest BCUT2D eigenvalue weighted by atomic mass is 9.96. The summed E-state index contributed by atoms with van der Waals surface area (Å²) in [4.78, 5) is 26.1. The Morgan fingerprint density at radius 1 is 1.19 bits per heavy atom. The minimum atomic E-state index is -0.275. The first-order valence-electron chi connectivity index (χ1n) is 6.93. The minimum Gasteiger partial charge on any atom is -0.397 e. The predicted molar refractivity (Wildman–Crippen MR) is 84.1 cm³/mol. The molecule has 3 rings (SSSR count). The largest absolute Gasteiger partial charge is 0.397 e. The van der Waals surface area contributed by atoms with Crippen LogP contribution in [0.1, 0.15) is 22.5 Å². The van der Waals surface area contributed by atoms with Crippen molar-refractivity contribution in [2.24, 2.45) is 11.7 Å². The van der Waals surface area contributed by atoms with Crippen LogP contribution in [0.15, 0.2) is 24.3 Å². The second-order valence-corrected chi connectivity index (χ2v) is 6.36. The van der Waals surface area contributed by atoms with Crippen LogP contribution in [-0.2, 0) is 4.79 Å². The highest BCUT2D eigenvalue weighted by Crippen LogP contribution is 2.34. The number of nitrogens with two attached hydrogens (primary N) is 2. The van der Waals surface area contributed by atoms with Gasteiger partial charge in [0, 0.05) is 29.1 Å². The van der Waals surface area contributed by atoms with Crippen molar-refractivity contribution < 1.29 is 9.59 Å². The van der Waals surface area contributed by atoms with Crippen LogP contribution in [0.4, 0.5) is 5.69 Å². The minimum absolute atomic E-state index is 0.0448. The number of primary amides is 1. The highest BCUT2D eigenvalue weighted by atomic mass is 32.1. The highest BCUT2D eigenvalue weighted by molar-refractivity contribution is 7.21. The van der Waals surface area contributed by atoms with Crippen molar-refractivity contribution in [3.8, 4) is 0 Å². The molecule has 1 aromatic heterocycles. The smallest absolute Gasteiger partial charge is 0.266 e. The highest BCUT2D eigenvalue weighted by Gasteiger charge is 2.28. The van der Waals surface area contributed by atoms with Gasteiger partial charge in [-0.15, -0.1) is 11.3 Å². The summed E-state index contributed by atoms with van der Waals surface area (Å²) in [5.74, 6) is -0.436. The number of likely N-dealkylation sites (tertiary alicyclic amines) is 1. The lowest BCUT2D eigenvalue weighted by molar-refractivity contribution is -0.123. The average molecular weight is 303 g/mol. The molecule has 6 heteroatoms. The molecule has 1 aliphatic heterocycles. The Balaban J connectivity index is 1.82. The van der Waals surface area contributed by atoms with E-state index >= 15 is 0 Å². The Kier molecular flexibility index (Phi) is 3.55. The van der Waals surface area contributed by atoms with E-state index in [0.717, 1.165) is 10.1 Å². The summed E-state index contributed by atoms with van der Waals surface area (Å²) in [6.07, 6.45) is 1.26. The molecule has 0 atom stereocenters. The van der Waals surface area contributed by atoms with Gasteiger partial charge in [0.1, 0.15) is 4.88 Å². The van der Waals surface area contributed by atoms with Crippen LogP contribution in [0.25, 0.3) is 10.1 Å². The molecule has 0 aliphatic carbocycles. The molecule has 2 heterocycles. The topological polar surface area (TPSA) is 89.4 Å². The standard InChI is InChI=1S/C15H17N3O2S/c16-12-10-3-1-2-4-11(10)21-13(12)15(20)18-7-5-9(6-8-18)14(17)19/h1-4,9H,5-8,16H2,(H2,17,19). The van der Waals surface area contributed by atoms with Gasteiger partial charge in [0.05, 0.1) is 5.69 Å². The molecule has 0 unspecified atom stereocenters. The van der Waals surface area contributed by atoms with Gasteiger partial charge >= 0.3 is 0 Å². The molecule has 0 saturated carbocycles. The molecule has 5 nitrogen and oxygen atoms in total. The molecule has 21 heavy (non-hydrogen) atoms. The van der Waals surface area contributed by atoms with Gasteiger partial charge < -0.3 is 16.4 Å². The first kappa shape index (κ1) is 13.9. The van der Waals surface area contributed by atoms with Gasteiger partial charge in [-0.05, 0) is 18.9 Å². The number of thiophene rings is 1. The maximum atomic E-state index is 12.6. The van der Waals surface area contributed by atoms with E-state index in [4.69, 9.17) is 11.5 Å². The van der Waals surface area contributed by atoms with Crippen molar-refractivity contribution in [3.05, 3.63) is 29.1 Å². The van der Waals surface area contributed by atoms with E-state index in [1.807, 2.05) is 24.3 Å². The number of carbonyl (C=O) groups is 2. The summed E-state index contributed by atoms with van der Waals surface area (Å²) in [5, 5.41) is 0.929. The van der Waals surface area contributed by atoms with Gasteiger partial charge in [-0.25, -0.2) is 0 Å². The summed E-state index contributed by atoms with van der Waals surface area (Å²) in [6, 6.07) is 7.74. The Hall–Kier alpha value is -2.08. The quantitative estimate of drug-likeness (QED) is 0.886. The fourth-order valence-corrected chi connectivity index (χ4v) is 3.83. The number of rotatable bonds is 2. The lowest BCUT2D eigenvalue weighted by Crippen LogP contribution is -2.41. The monoisotopic (exact) mass is 303 g/mol. The van der Waals surface area contributed by atoms with Crippen LogP contribution in [0, 0.1) is 5.92 Å². The van der Waals surface area contributed by atoms with Crippen LogP contribution in [0.3, 0.4) is 0 Å². The number of amides is 2. The number of benzene rings is 1. The SMILES string of the molecule is NC(=O)C1CCN(C(=O)c2sc3ccccc3c2N)CC1. The number of carbonyl (C=O) groups excluding carboxylic acids is 2. The summed E-state index contributed by atoms with van der Waals surface area (Å²) >= 11 is 1.42. The zero-order chi connectivity index (χ0) is 15.0. The number of hydrogen-bond donors (Lipinski definition) is 2. The van der Waals surface area contributed by atoms with E-state index in [2.05, 4.69) is 0 Å². The first-order valence-corrected chi connectivity index (χ1v) is 7.75. The third kappa shape index (κ3) is 2.47. The Morgan fingerprint density at radius 3 is 2.48 bits per heavy atom. The second kappa shape index (κ2) is 5.37. The maximum absolute atomic E-state index is 12.6. The molecule has 1 aromatic carbocycles. The Labute approximate surface area is 126 Å². The van der Waals surface area contributed by atoms with E-state index in [-0.39, 0.29) is 17.7 Å². The normalized spacial score (nSPS) is 16.3. The summed E-state index contributed by atoms with van der Waals surface area (Å²) in [6.45, 7) is 1.11. The van der Waals surface area contributed by atoms with E-state index < -0.39 is 0 Å². The molecule has 0 radical (unpaired) electrons.